The molecule has 0 unspecified atom stereocenters. The third kappa shape index (κ3) is 3.82. The average molecular weight is 278 g/mol. The van der Waals surface area contributed by atoms with Crippen LogP contribution >= 0.6 is 0 Å². The summed E-state index contributed by atoms with van der Waals surface area (Å²) in [4.78, 5) is 16.4. The van der Waals surface area contributed by atoms with E-state index in [4.69, 9.17) is 0 Å². The van der Waals surface area contributed by atoms with E-state index in [0.29, 0.717) is 13.0 Å². The highest BCUT2D eigenvalue weighted by Gasteiger charge is 2.32. The first-order valence-electron chi connectivity index (χ1n) is 7.57. The largest absolute Gasteiger partial charge is 0.356 e. The monoisotopic (exact) mass is 278 g/mol. The number of imidazole rings is 1. The molecule has 1 aromatic heterocycles. The summed E-state index contributed by atoms with van der Waals surface area (Å²) in [6, 6.07) is 0. The standard InChI is InChI=1S/C15H26N4O/c1-16-15(7-4-3-5-8-15)12-14(20)18-9-6-13-17-10-11-19(13)2/h10-11,16H,3-9,12H2,1-2H3,(H,18,20). The second-order valence-electron chi connectivity index (χ2n) is 5.82. The molecule has 5 heteroatoms. The summed E-state index contributed by atoms with van der Waals surface area (Å²) in [6.07, 6.45) is 11.0. The number of aryl methyl sites for hydroxylation is 1. The molecule has 1 amide bonds. The molecule has 0 saturated heterocycles. The van der Waals surface area contributed by atoms with Gasteiger partial charge in [0.2, 0.25) is 5.91 Å². The maximum atomic E-state index is 12.1. The fourth-order valence-corrected chi connectivity index (χ4v) is 3.06. The van der Waals surface area contributed by atoms with Crippen LogP contribution in [0, 0.1) is 0 Å². The summed E-state index contributed by atoms with van der Waals surface area (Å²) in [5, 5.41) is 6.41. The first-order chi connectivity index (χ1) is 9.65. The molecule has 0 aliphatic heterocycles. The normalized spacial score (nSPS) is 17.9. The number of nitrogens with zero attached hydrogens (tertiary/aromatic N) is 2. The number of hydrogen-bond acceptors (Lipinski definition) is 3. The van der Waals surface area contributed by atoms with E-state index in [2.05, 4.69) is 15.6 Å². The van der Waals surface area contributed by atoms with E-state index < -0.39 is 0 Å². The Labute approximate surface area is 121 Å². The number of hydrogen-bond donors (Lipinski definition) is 2. The van der Waals surface area contributed by atoms with Crippen molar-refractivity contribution in [3.8, 4) is 0 Å². The van der Waals surface area contributed by atoms with Crippen LogP contribution < -0.4 is 10.6 Å². The Morgan fingerprint density at radius 2 is 2.15 bits per heavy atom. The molecule has 1 saturated carbocycles. The molecule has 1 heterocycles. The summed E-state index contributed by atoms with van der Waals surface area (Å²) in [7, 11) is 3.95. The molecule has 1 aromatic rings. The smallest absolute Gasteiger partial charge is 0.221 e. The van der Waals surface area contributed by atoms with Crippen LogP contribution in [0.3, 0.4) is 0 Å². The fourth-order valence-electron chi connectivity index (χ4n) is 3.06. The van der Waals surface area contributed by atoms with Gasteiger partial charge in [0.05, 0.1) is 0 Å². The molecule has 1 aliphatic rings. The molecule has 1 fully saturated rings. The van der Waals surface area contributed by atoms with E-state index in [-0.39, 0.29) is 11.4 Å². The molecule has 1 aliphatic carbocycles. The molecule has 0 radical (unpaired) electrons. The minimum absolute atomic E-state index is 0.0194. The van der Waals surface area contributed by atoms with Gasteiger partial charge in [-0.05, 0) is 19.9 Å². The summed E-state index contributed by atoms with van der Waals surface area (Å²) in [5.74, 6) is 1.15. The Morgan fingerprint density at radius 3 is 2.75 bits per heavy atom. The van der Waals surface area contributed by atoms with Crippen molar-refractivity contribution < 1.29 is 4.79 Å². The number of nitrogens with one attached hydrogen (secondary N) is 2. The van der Waals surface area contributed by atoms with Crippen molar-refractivity contribution in [1.29, 1.82) is 0 Å². The lowest BCUT2D eigenvalue weighted by atomic mass is 9.79. The molecule has 2 rings (SSSR count). The van der Waals surface area contributed by atoms with Crippen LogP contribution in [0.4, 0.5) is 0 Å². The van der Waals surface area contributed by atoms with Gasteiger partial charge >= 0.3 is 0 Å². The Kier molecular flexibility index (Phi) is 5.17. The van der Waals surface area contributed by atoms with Gasteiger partial charge in [-0.15, -0.1) is 0 Å². The number of carbonyl (C=O) groups is 1. The van der Waals surface area contributed by atoms with E-state index in [9.17, 15) is 4.79 Å². The van der Waals surface area contributed by atoms with Gasteiger partial charge in [-0.1, -0.05) is 19.3 Å². The van der Waals surface area contributed by atoms with E-state index in [1.807, 2.05) is 24.9 Å². The molecule has 2 N–H and O–H groups in total. The van der Waals surface area contributed by atoms with Crippen LogP contribution in [0.1, 0.15) is 44.3 Å². The molecule has 112 valence electrons. The quantitative estimate of drug-likeness (QED) is 0.827. The maximum absolute atomic E-state index is 12.1. The van der Waals surface area contributed by atoms with E-state index in [0.717, 1.165) is 25.1 Å². The van der Waals surface area contributed by atoms with Crippen molar-refractivity contribution in [2.75, 3.05) is 13.6 Å². The predicted octanol–water partition coefficient (Wildman–Crippen LogP) is 1.39. The molecule has 0 atom stereocenters. The highest BCUT2D eigenvalue weighted by molar-refractivity contribution is 5.77. The maximum Gasteiger partial charge on any atom is 0.221 e. The Morgan fingerprint density at radius 1 is 1.40 bits per heavy atom. The van der Waals surface area contributed by atoms with Crippen LogP contribution in [0.5, 0.6) is 0 Å². The minimum Gasteiger partial charge on any atom is -0.356 e. The fraction of sp³-hybridized carbons (Fsp3) is 0.733. The Hall–Kier alpha value is -1.36. The zero-order valence-corrected chi connectivity index (χ0v) is 12.6. The van der Waals surface area contributed by atoms with Gasteiger partial charge in [0.1, 0.15) is 5.82 Å². The predicted molar refractivity (Wildman–Crippen MR) is 79.4 cm³/mol. The van der Waals surface area contributed by atoms with Gasteiger partial charge in [-0.3, -0.25) is 4.79 Å². The topological polar surface area (TPSA) is 59.0 Å². The van der Waals surface area contributed by atoms with Crippen LogP contribution in [0.15, 0.2) is 12.4 Å². The molecule has 5 nitrogen and oxygen atoms in total. The van der Waals surface area contributed by atoms with Gasteiger partial charge < -0.3 is 15.2 Å². The molecular weight excluding hydrogens is 252 g/mol. The van der Waals surface area contributed by atoms with Crippen molar-refractivity contribution >= 4 is 5.91 Å². The first-order valence-corrected chi connectivity index (χ1v) is 7.57. The van der Waals surface area contributed by atoms with Gasteiger partial charge in [0.25, 0.3) is 0 Å². The highest BCUT2D eigenvalue weighted by atomic mass is 16.1. The average Bonchev–Trinajstić information content (AvgIpc) is 2.85. The lowest BCUT2D eigenvalue weighted by Crippen LogP contribution is -2.48. The van der Waals surface area contributed by atoms with E-state index >= 15 is 0 Å². The number of aromatic nitrogens is 2. The first kappa shape index (κ1) is 15.0. The van der Waals surface area contributed by atoms with Crippen LogP contribution in [-0.2, 0) is 18.3 Å². The minimum atomic E-state index is 0.0194. The summed E-state index contributed by atoms with van der Waals surface area (Å²) < 4.78 is 1.99. The van der Waals surface area contributed by atoms with Gasteiger partial charge in [-0.25, -0.2) is 4.98 Å². The van der Waals surface area contributed by atoms with Crippen molar-refractivity contribution in [3.63, 3.8) is 0 Å². The number of rotatable bonds is 6. The van der Waals surface area contributed by atoms with E-state index in [1.165, 1.54) is 19.3 Å². The summed E-state index contributed by atoms with van der Waals surface area (Å²) in [6.45, 7) is 0.656. The van der Waals surface area contributed by atoms with Crippen molar-refractivity contribution in [2.45, 2.75) is 50.5 Å². The SMILES string of the molecule is CNC1(CC(=O)NCCc2nccn2C)CCCCC1. The molecule has 0 bridgehead atoms. The Bertz CT molecular complexity index is 435. The lowest BCUT2D eigenvalue weighted by Gasteiger charge is -2.36. The molecule has 0 spiro atoms. The second-order valence-corrected chi connectivity index (χ2v) is 5.82. The van der Waals surface area contributed by atoms with Crippen molar-refractivity contribution in [1.82, 2.24) is 20.2 Å². The van der Waals surface area contributed by atoms with Gasteiger partial charge in [0, 0.05) is 44.4 Å². The van der Waals surface area contributed by atoms with Crippen LogP contribution in [0.2, 0.25) is 0 Å². The highest BCUT2D eigenvalue weighted by Crippen LogP contribution is 2.30. The zero-order chi connectivity index (χ0) is 14.4. The van der Waals surface area contributed by atoms with Crippen molar-refractivity contribution in [3.05, 3.63) is 18.2 Å². The molecule has 20 heavy (non-hydrogen) atoms. The summed E-state index contributed by atoms with van der Waals surface area (Å²) >= 11 is 0. The van der Waals surface area contributed by atoms with Crippen LogP contribution in [0.25, 0.3) is 0 Å². The zero-order valence-electron chi connectivity index (χ0n) is 12.6. The van der Waals surface area contributed by atoms with Gasteiger partial charge in [-0.2, -0.15) is 0 Å². The Balaban J connectivity index is 1.75. The molecular formula is C15H26N4O. The number of carbonyl (C=O) groups excluding carboxylic acids is 1. The van der Waals surface area contributed by atoms with Gasteiger partial charge in [0.15, 0.2) is 0 Å². The lowest BCUT2D eigenvalue weighted by molar-refractivity contribution is -0.122. The molecule has 0 aromatic carbocycles. The van der Waals surface area contributed by atoms with Crippen molar-refractivity contribution in [2.24, 2.45) is 7.05 Å². The third-order valence-corrected chi connectivity index (χ3v) is 4.43. The second kappa shape index (κ2) is 6.88. The van der Waals surface area contributed by atoms with Crippen LogP contribution in [-0.4, -0.2) is 34.6 Å². The summed E-state index contributed by atoms with van der Waals surface area (Å²) in [5.41, 5.74) is 0.0194. The third-order valence-electron chi connectivity index (χ3n) is 4.43. The number of amides is 1. The van der Waals surface area contributed by atoms with E-state index in [1.54, 1.807) is 6.20 Å².